The van der Waals surface area contributed by atoms with Crippen LogP contribution in [-0.2, 0) is 32.6 Å². The van der Waals surface area contributed by atoms with Crippen molar-refractivity contribution in [3.05, 3.63) is 101 Å². The molecule has 0 bridgehead atoms. The monoisotopic (exact) mass is 565 g/mol. The first-order valence-electron chi connectivity index (χ1n) is 13.5. The van der Waals surface area contributed by atoms with E-state index in [1.807, 2.05) is 61.5 Å². The van der Waals surface area contributed by atoms with Crippen molar-refractivity contribution < 1.29 is 22.4 Å². The first-order valence-corrected chi connectivity index (χ1v) is 15.4. The highest BCUT2D eigenvalue weighted by molar-refractivity contribution is 7.92. The Morgan fingerprint density at radius 2 is 1.60 bits per heavy atom. The van der Waals surface area contributed by atoms with Crippen LogP contribution in [0.4, 0.5) is 10.1 Å². The fourth-order valence-corrected chi connectivity index (χ4v) is 6.03. The molecule has 3 aromatic rings. The molecule has 212 valence electrons. The highest BCUT2D eigenvalue weighted by Crippen LogP contribution is 2.24. The average molecular weight is 566 g/mol. The first kappa shape index (κ1) is 29.3. The van der Waals surface area contributed by atoms with Gasteiger partial charge in [-0.3, -0.25) is 13.9 Å². The van der Waals surface area contributed by atoms with Crippen LogP contribution in [0, 0.1) is 12.7 Å². The third-order valence-electron chi connectivity index (χ3n) is 7.21. The number of benzene rings is 3. The summed E-state index contributed by atoms with van der Waals surface area (Å²) in [6, 6.07) is 21.6. The second kappa shape index (κ2) is 13.1. The molecule has 3 aromatic carbocycles. The Balaban J connectivity index is 1.73. The molecule has 0 radical (unpaired) electrons. The summed E-state index contributed by atoms with van der Waals surface area (Å²) in [7, 11) is -4.03. The van der Waals surface area contributed by atoms with Crippen molar-refractivity contribution >= 4 is 27.5 Å². The number of halogens is 1. The number of carbonyl (C=O) groups excluding carboxylic acids is 2. The molecule has 0 aromatic heterocycles. The van der Waals surface area contributed by atoms with Crippen molar-refractivity contribution in [2.45, 2.75) is 57.7 Å². The van der Waals surface area contributed by atoms with Crippen LogP contribution in [0.15, 0.2) is 78.9 Å². The predicted octanol–water partition coefficient (Wildman–Crippen LogP) is 4.60. The number of nitrogens with one attached hydrogen (secondary N) is 1. The fourth-order valence-electron chi connectivity index (χ4n) is 5.18. The van der Waals surface area contributed by atoms with Crippen molar-refractivity contribution in [2.24, 2.45) is 0 Å². The zero-order valence-corrected chi connectivity index (χ0v) is 23.7. The Labute approximate surface area is 236 Å². The summed E-state index contributed by atoms with van der Waals surface area (Å²) in [6.45, 7) is 1.38. The van der Waals surface area contributed by atoms with E-state index in [-0.39, 0.29) is 30.6 Å². The number of hydrogen-bond acceptors (Lipinski definition) is 4. The van der Waals surface area contributed by atoms with E-state index in [0.29, 0.717) is 0 Å². The van der Waals surface area contributed by atoms with Crippen molar-refractivity contribution in [3.8, 4) is 0 Å². The van der Waals surface area contributed by atoms with Gasteiger partial charge in [0, 0.05) is 19.0 Å². The summed E-state index contributed by atoms with van der Waals surface area (Å²) < 4.78 is 41.0. The molecular weight excluding hydrogens is 529 g/mol. The highest BCUT2D eigenvalue weighted by Gasteiger charge is 2.34. The van der Waals surface area contributed by atoms with Crippen molar-refractivity contribution in [1.82, 2.24) is 10.2 Å². The number of sulfonamides is 1. The molecule has 2 amide bonds. The third-order valence-corrected chi connectivity index (χ3v) is 8.33. The molecule has 1 fully saturated rings. The van der Waals surface area contributed by atoms with E-state index < -0.39 is 34.3 Å². The van der Waals surface area contributed by atoms with E-state index in [9.17, 15) is 22.4 Å². The number of aryl methyl sites for hydroxylation is 1. The molecular formula is C31H36FN3O4S. The van der Waals surface area contributed by atoms with Crippen LogP contribution in [0.5, 0.6) is 0 Å². The molecule has 1 atom stereocenters. The average Bonchev–Trinajstić information content (AvgIpc) is 3.43. The first-order chi connectivity index (χ1) is 19.1. The lowest BCUT2D eigenvalue weighted by Crippen LogP contribution is -2.54. The molecule has 4 rings (SSSR count). The van der Waals surface area contributed by atoms with Gasteiger partial charge in [-0.05, 0) is 43.0 Å². The van der Waals surface area contributed by atoms with E-state index in [2.05, 4.69) is 5.32 Å². The molecule has 0 spiro atoms. The van der Waals surface area contributed by atoms with Gasteiger partial charge >= 0.3 is 0 Å². The lowest BCUT2D eigenvalue weighted by atomic mass is 10.0. The van der Waals surface area contributed by atoms with Gasteiger partial charge in [-0.2, -0.15) is 0 Å². The number of para-hydroxylation sites is 1. The standard InChI is InChI=1S/C31H36FN3O4S/c1-23-11-10-14-25(19-23)21-34(30(36)22-35(40(2,38)39)28-18-9-8-17-27(28)32)29(20-24-12-4-3-5-13-24)31(37)33-26-15-6-7-16-26/h3-5,8-14,17-19,26,29H,6-7,15-16,20-22H2,1-2H3,(H,33,37)/t29-/m0/s1. The Morgan fingerprint density at radius 1 is 0.950 bits per heavy atom. The number of nitrogens with zero attached hydrogens (tertiary/aromatic N) is 2. The second-order valence-corrected chi connectivity index (χ2v) is 12.3. The molecule has 40 heavy (non-hydrogen) atoms. The minimum Gasteiger partial charge on any atom is -0.352 e. The van der Waals surface area contributed by atoms with Crippen molar-refractivity contribution in [1.29, 1.82) is 0 Å². The van der Waals surface area contributed by atoms with Gasteiger partial charge in [0.15, 0.2) is 0 Å². The quantitative estimate of drug-likeness (QED) is 0.368. The summed E-state index contributed by atoms with van der Waals surface area (Å²) in [6.07, 6.45) is 5.01. The lowest BCUT2D eigenvalue weighted by Gasteiger charge is -2.34. The lowest BCUT2D eigenvalue weighted by molar-refractivity contribution is -0.140. The van der Waals surface area contributed by atoms with Gasteiger partial charge in [0.1, 0.15) is 18.4 Å². The van der Waals surface area contributed by atoms with Gasteiger partial charge in [0.25, 0.3) is 0 Å². The van der Waals surface area contributed by atoms with E-state index in [1.54, 1.807) is 0 Å². The topological polar surface area (TPSA) is 86.8 Å². The van der Waals surface area contributed by atoms with Crippen LogP contribution in [-0.4, -0.2) is 50.0 Å². The largest absolute Gasteiger partial charge is 0.352 e. The Kier molecular flexibility index (Phi) is 9.58. The van der Waals surface area contributed by atoms with E-state index >= 15 is 0 Å². The van der Waals surface area contributed by atoms with Gasteiger partial charge in [0.2, 0.25) is 21.8 Å². The van der Waals surface area contributed by atoms with Crippen LogP contribution in [0.2, 0.25) is 0 Å². The predicted molar refractivity (Wildman–Crippen MR) is 155 cm³/mol. The maximum atomic E-state index is 14.7. The zero-order valence-electron chi connectivity index (χ0n) is 22.9. The molecule has 1 aliphatic rings. The smallest absolute Gasteiger partial charge is 0.244 e. The van der Waals surface area contributed by atoms with Crippen LogP contribution >= 0.6 is 0 Å². The van der Waals surface area contributed by atoms with Crippen LogP contribution < -0.4 is 9.62 Å². The second-order valence-electron chi connectivity index (χ2n) is 10.4. The fraction of sp³-hybridized carbons (Fsp3) is 0.355. The molecule has 9 heteroatoms. The van der Waals surface area contributed by atoms with Gasteiger partial charge < -0.3 is 10.2 Å². The molecule has 0 aliphatic heterocycles. The number of rotatable bonds is 11. The normalized spacial score (nSPS) is 14.5. The highest BCUT2D eigenvalue weighted by atomic mass is 32.2. The molecule has 1 N–H and O–H groups in total. The molecule has 0 saturated heterocycles. The maximum Gasteiger partial charge on any atom is 0.244 e. The van der Waals surface area contributed by atoms with Crippen LogP contribution in [0.25, 0.3) is 0 Å². The van der Waals surface area contributed by atoms with Gasteiger partial charge in [-0.1, -0.05) is 85.1 Å². The summed E-state index contributed by atoms with van der Waals surface area (Å²) in [5.74, 6) is -1.64. The number of anilines is 1. The molecule has 0 heterocycles. The summed E-state index contributed by atoms with van der Waals surface area (Å²) >= 11 is 0. The molecule has 1 aliphatic carbocycles. The maximum absolute atomic E-state index is 14.7. The Morgan fingerprint density at radius 3 is 2.25 bits per heavy atom. The molecule has 0 unspecified atom stereocenters. The number of hydrogen-bond donors (Lipinski definition) is 1. The van der Waals surface area contributed by atoms with E-state index in [4.69, 9.17) is 0 Å². The van der Waals surface area contributed by atoms with Crippen LogP contribution in [0.3, 0.4) is 0 Å². The molecule has 7 nitrogen and oxygen atoms in total. The Hall–Kier alpha value is -3.72. The number of amides is 2. The number of carbonyl (C=O) groups is 2. The van der Waals surface area contributed by atoms with Gasteiger partial charge in [-0.15, -0.1) is 0 Å². The third kappa shape index (κ3) is 7.69. The minimum atomic E-state index is -4.03. The summed E-state index contributed by atoms with van der Waals surface area (Å²) in [4.78, 5) is 29.3. The van der Waals surface area contributed by atoms with Crippen molar-refractivity contribution in [2.75, 3.05) is 17.1 Å². The zero-order chi connectivity index (χ0) is 28.7. The van der Waals surface area contributed by atoms with Crippen LogP contribution in [0.1, 0.15) is 42.4 Å². The summed E-state index contributed by atoms with van der Waals surface area (Å²) in [5.41, 5.74) is 2.44. The Bertz CT molecular complexity index is 1430. The SMILES string of the molecule is Cc1cccc(CN(C(=O)CN(c2ccccc2F)S(C)(=O)=O)[C@@H](Cc2ccccc2)C(=O)NC2CCCC2)c1. The van der Waals surface area contributed by atoms with E-state index in [1.165, 1.54) is 23.1 Å². The summed E-state index contributed by atoms with van der Waals surface area (Å²) in [5, 5.41) is 3.13. The molecule has 1 saturated carbocycles. The van der Waals surface area contributed by atoms with Gasteiger partial charge in [0.05, 0.1) is 11.9 Å². The van der Waals surface area contributed by atoms with E-state index in [0.717, 1.165) is 59.0 Å². The van der Waals surface area contributed by atoms with Gasteiger partial charge in [-0.25, -0.2) is 12.8 Å². The van der Waals surface area contributed by atoms with Crippen molar-refractivity contribution in [3.63, 3.8) is 0 Å². The minimum absolute atomic E-state index is 0.0348.